The van der Waals surface area contributed by atoms with E-state index >= 15 is 0 Å². The molecule has 6 nitrogen and oxygen atoms in total. The molecule has 0 radical (unpaired) electrons. The number of hydrogen-bond acceptors (Lipinski definition) is 6. The molecule has 6 heteroatoms. The van der Waals surface area contributed by atoms with Gasteiger partial charge in [0.05, 0.1) is 0 Å². The topological polar surface area (TPSA) is 78.9 Å². The lowest BCUT2D eigenvalue weighted by Crippen LogP contribution is -2.30. The highest BCUT2D eigenvalue weighted by Crippen LogP contribution is 2.16. The van der Waals surface area contributed by atoms with Gasteiger partial charge in [-0.3, -0.25) is 14.4 Å². The summed E-state index contributed by atoms with van der Waals surface area (Å²) >= 11 is 0. The first-order valence-corrected chi connectivity index (χ1v) is 28.9. The Bertz CT molecular complexity index is 1270. The van der Waals surface area contributed by atoms with E-state index in [4.69, 9.17) is 14.2 Å². The Morgan fingerprint density at radius 2 is 0.574 bits per heavy atom. The predicted molar refractivity (Wildman–Crippen MR) is 293 cm³/mol. The summed E-state index contributed by atoms with van der Waals surface area (Å²) in [5.41, 5.74) is 0. The van der Waals surface area contributed by atoms with Gasteiger partial charge in [-0.05, 0) is 89.9 Å². The average Bonchev–Trinajstić information content (AvgIpc) is 3.34. The van der Waals surface area contributed by atoms with Crippen molar-refractivity contribution in [1.29, 1.82) is 0 Å². The number of ether oxygens (including phenoxy) is 3. The number of carbonyl (C=O) groups excluding carboxylic acids is 3. The van der Waals surface area contributed by atoms with Crippen LogP contribution in [0.25, 0.3) is 0 Å². The SMILES string of the molecule is CC/C=C\C/C=C\C/C=C\C/C=C\CCCCCCCCCCC(=O)OCC(COC(=O)CCCCCCCCCCCC)OC(=O)CCCCCCCCCCC/C=C\C/C=C\CCCCC. The first-order valence-electron chi connectivity index (χ1n) is 28.9. The molecule has 392 valence electrons. The molecule has 0 spiro atoms. The summed E-state index contributed by atoms with van der Waals surface area (Å²) in [5.74, 6) is -0.883. The second-order valence-electron chi connectivity index (χ2n) is 19.2. The van der Waals surface area contributed by atoms with E-state index in [0.717, 1.165) is 96.3 Å². The Labute approximate surface area is 421 Å². The fourth-order valence-electron chi connectivity index (χ4n) is 8.11. The fraction of sp³-hybridized carbons (Fsp3) is 0.758. The van der Waals surface area contributed by atoms with Crippen LogP contribution >= 0.6 is 0 Å². The summed E-state index contributed by atoms with van der Waals surface area (Å²) in [5, 5.41) is 0. The third kappa shape index (κ3) is 53.8. The standard InChI is InChI=1S/C62H108O6/c1-4-7-10-13-16-19-22-24-26-28-30-31-33-34-36-38-40-43-46-49-52-55-61(64)67-58-59(57-66-60(63)54-51-48-45-42-21-18-15-12-9-6-3)68-62(65)56-53-50-47-44-41-39-37-35-32-29-27-25-23-20-17-14-11-8-5-2/h7,10,16-17,19-20,24-27,30-31,59H,4-6,8-9,11-15,18,21-23,28-29,32-58H2,1-3H3/b10-7-,19-16-,20-17-,26-24-,27-25-,31-30-. The summed E-state index contributed by atoms with van der Waals surface area (Å²) in [7, 11) is 0. The molecule has 0 bridgehead atoms. The fourth-order valence-corrected chi connectivity index (χ4v) is 8.11. The van der Waals surface area contributed by atoms with E-state index < -0.39 is 6.10 Å². The molecule has 0 saturated heterocycles. The number of esters is 3. The van der Waals surface area contributed by atoms with Crippen molar-refractivity contribution in [2.24, 2.45) is 0 Å². The van der Waals surface area contributed by atoms with E-state index in [0.29, 0.717) is 19.3 Å². The highest BCUT2D eigenvalue weighted by Gasteiger charge is 2.19. The molecule has 0 amide bonds. The van der Waals surface area contributed by atoms with Crippen molar-refractivity contribution in [3.63, 3.8) is 0 Å². The van der Waals surface area contributed by atoms with E-state index in [-0.39, 0.29) is 31.1 Å². The smallest absolute Gasteiger partial charge is 0.306 e. The summed E-state index contributed by atoms with van der Waals surface area (Å²) in [6.45, 7) is 6.50. The van der Waals surface area contributed by atoms with Gasteiger partial charge in [-0.1, -0.05) is 248 Å². The van der Waals surface area contributed by atoms with Crippen LogP contribution in [0.2, 0.25) is 0 Å². The van der Waals surface area contributed by atoms with Crippen molar-refractivity contribution in [3.8, 4) is 0 Å². The molecule has 0 fully saturated rings. The summed E-state index contributed by atoms with van der Waals surface area (Å²) in [6.07, 6.45) is 71.8. The average molecular weight is 950 g/mol. The number of hydrogen-bond donors (Lipinski definition) is 0. The van der Waals surface area contributed by atoms with E-state index in [1.165, 1.54) is 148 Å². The van der Waals surface area contributed by atoms with Gasteiger partial charge < -0.3 is 14.2 Å². The minimum atomic E-state index is -0.779. The molecule has 0 rings (SSSR count). The second kappa shape index (κ2) is 56.4. The molecule has 0 heterocycles. The first-order chi connectivity index (χ1) is 33.5. The summed E-state index contributed by atoms with van der Waals surface area (Å²) < 4.78 is 16.8. The Morgan fingerprint density at radius 1 is 0.309 bits per heavy atom. The van der Waals surface area contributed by atoms with Crippen molar-refractivity contribution in [1.82, 2.24) is 0 Å². The van der Waals surface area contributed by atoms with Gasteiger partial charge in [0, 0.05) is 19.3 Å². The number of carbonyl (C=O) groups is 3. The van der Waals surface area contributed by atoms with Gasteiger partial charge in [0.2, 0.25) is 0 Å². The first kappa shape index (κ1) is 64.8. The maximum Gasteiger partial charge on any atom is 0.306 e. The van der Waals surface area contributed by atoms with Crippen molar-refractivity contribution in [3.05, 3.63) is 72.9 Å². The zero-order valence-corrected chi connectivity index (χ0v) is 44.9. The minimum absolute atomic E-state index is 0.0775. The van der Waals surface area contributed by atoms with Crippen LogP contribution in [0.1, 0.15) is 284 Å². The zero-order valence-electron chi connectivity index (χ0n) is 44.9. The summed E-state index contributed by atoms with van der Waals surface area (Å²) in [4.78, 5) is 38.1. The Hall–Kier alpha value is -3.15. The summed E-state index contributed by atoms with van der Waals surface area (Å²) in [6, 6.07) is 0. The van der Waals surface area contributed by atoms with Crippen LogP contribution < -0.4 is 0 Å². The highest BCUT2D eigenvalue weighted by molar-refractivity contribution is 5.71. The molecular weight excluding hydrogens is 841 g/mol. The van der Waals surface area contributed by atoms with E-state index in [2.05, 4.69) is 93.7 Å². The minimum Gasteiger partial charge on any atom is -0.462 e. The molecule has 0 N–H and O–H groups in total. The Morgan fingerprint density at radius 3 is 0.926 bits per heavy atom. The van der Waals surface area contributed by atoms with Crippen molar-refractivity contribution in [2.75, 3.05) is 13.2 Å². The normalized spacial score (nSPS) is 12.6. The van der Waals surface area contributed by atoms with E-state index in [1.54, 1.807) is 0 Å². The number of allylic oxidation sites excluding steroid dienone is 12. The van der Waals surface area contributed by atoms with Crippen molar-refractivity contribution >= 4 is 17.9 Å². The molecule has 0 aromatic rings. The molecule has 0 aromatic carbocycles. The molecule has 0 aliphatic carbocycles. The van der Waals surface area contributed by atoms with Gasteiger partial charge in [-0.2, -0.15) is 0 Å². The third-order valence-corrected chi connectivity index (χ3v) is 12.4. The molecule has 0 aromatic heterocycles. The molecule has 1 atom stereocenters. The maximum absolute atomic E-state index is 12.8. The Balaban J connectivity index is 4.31. The third-order valence-electron chi connectivity index (χ3n) is 12.4. The largest absolute Gasteiger partial charge is 0.462 e. The van der Waals surface area contributed by atoms with Crippen LogP contribution in [-0.2, 0) is 28.6 Å². The molecule has 1 unspecified atom stereocenters. The van der Waals surface area contributed by atoms with Gasteiger partial charge in [-0.25, -0.2) is 0 Å². The number of rotatable bonds is 52. The Kier molecular flexibility index (Phi) is 53.8. The van der Waals surface area contributed by atoms with Crippen molar-refractivity contribution in [2.45, 2.75) is 290 Å². The second-order valence-corrected chi connectivity index (χ2v) is 19.2. The monoisotopic (exact) mass is 949 g/mol. The zero-order chi connectivity index (χ0) is 49.3. The van der Waals surface area contributed by atoms with Crippen molar-refractivity contribution < 1.29 is 28.6 Å². The molecule has 0 aliphatic heterocycles. The van der Waals surface area contributed by atoms with E-state index in [9.17, 15) is 14.4 Å². The quantitative estimate of drug-likeness (QED) is 0.0262. The maximum atomic E-state index is 12.8. The van der Waals surface area contributed by atoms with Gasteiger partial charge >= 0.3 is 17.9 Å². The van der Waals surface area contributed by atoms with Crippen LogP contribution in [0.4, 0.5) is 0 Å². The molecular formula is C62H108O6. The van der Waals surface area contributed by atoms with E-state index in [1.807, 2.05) is 0 Å². The number of unbranched alkanes of at least 4 members (excludes halogenated alkanes) is 29. The molecule has 0 saturated carbocycles. The van der Waals surface area contributed by atoms with Crippen LogP contribution in [0.15, 0.2) is 72.9 Å². The van der Waals surface area contributed by atoms with Crippen LogP contribution in [0.3, 0.4) is 0 Å². The van der Waals surface area contributed by atoms with Crippen LogP contribution in [-0.4, -0.2) is 37.2 Å². The van der Waals surface area contributed by atoms with Gasteiger partial charge in [0.25, 0.3) is 0 Å². The van der Waals surface area contributed by atoms with Gasteiger partial charge in [-0.15, -0.1) is 0 Å². The van der Waals surface area contributed by atoms with Gasteiger partial charge in [0.15, 0.2) is 6.10 Å². The highest BCUT2D eigenvalue weighted by atomic mass is 16.6. The van der Waals surface area contributed by atoms with Crippen LogP contribution in [0.5, 0.6) is 0 Å². The lowest BCUT2D eigenvalue weighted by Gasteiger charge is -2.18. The lowest BCUT2D eigenvalue weighted by molar-refractivity contribution is -0.167. The van der Waals surface area contributed by atoms with Gasteiger partial charge in [0.1, 0.15) is 13.2 Å². The predicted octanol–water partition coefficient (Wildman–Crippen LogP) is 19.4. The van der Waals surface area contributed by atoms with Crippen LogP contribution in [0, 0.1) is 0 Å². The lowest BCUT2D eigenvalue weighted by atomic mass is 10.1. The molecule has 68 heavy (non-hydrogen) atoms. The molecule has 0 aliphatic rings.